The van der Waals surface area contributed by atoms with E-state index in [4.69, 9.17) is 14.2 Å². The number of unbranched alkanes of at least 4 members (excludes halogenated alkanes) is 25. The number of rotatable bonds is 50. The van der Waals surface area contributed by atoms with Crippen LogP contribution in [0.25, 0.3) is 0 Å². The van der Waals surface area contributed by atoms with Crippen molar-refractivity contribution in [2.45, 2.75) is 271 Å². The predicted octanol–water partition coefficient (Wildman–Crippen LogP) is 18.8. The van der Waals surface area contributed by atoms with E-state index in [2.05, 4.69) is 106 Å². The summed E-state index contributed by atoms with van der Waals surface area (Å²) in [5.74, 6) is -0.928. The highest BCUT2D eigenvalue weighted by molar-refractivity contribution is 5.71. The van der Waals surface area contributed by atoms with E-state index >= 15 is 0 Å². The molecule has 0 amide bonds. The number of carbonyl (C=O) groups is 3. The fourth-order valence-electron chi connectivity index (χ4n) is 7.63. The molecule has 0 aliphatic rings. The summed E-state index contributed by atoms with van der Waals surface area (Å²) in [4.78, 5) is 38.1. The molecule has 0 aliphatic heterocycles. The quantitative estimate of drug-likeness (QED) is 0.0262. The number of hydrogen-bond donors (Lipinski definition) is 0. The van der Waals surface area contributed by atoms with Gasteiger partial charge >= 0.3 is 17.9 Å². The Balaban J connectivity index is 4.45. The van der Waals surface area contributed by atoms with Crippen molar-refractivity contribution in [3.05, 3.63) is 85.1 Å². The summed E-state index contributed by atoms with van der Waals surface area (Å²) in [7, 11) is 0. The molecule has 0 bridgehead atoms. The Labute approximate surface area is 414 Å². The van der Waals surface area contributed by atoms with Crippen LogP contribution in [0.4, 0.5) is 0 Å². The summed E-state index contributed by atoms with van der Waals surface area (Å²) in [5.41, 5.74) is 0. The van der Waals surface area contributed by atoms with Gasteiger partial charge in [-0.2, -0.15) is 0 Å². The number of ether oxygens (including phenoxy) is 3. The Morgan fingerprint density at radius 3 is 0.955 bits per heavy atom. The van der Waals surface area contributed by atoms with Crippen LogP contribution in [-0.2, 0) is 28.6 Å². The molecule has 0 aromatic carbocycles. The van der Waals surface area contributed by atoms with Gasteiger partial charge in [0.2, 0.25) is 0 Å². The SMILES string of the molecule is CC/C=C\C/C=C\C/C=C\C/C=C\CCCCCCC(=O)OC[C@H](COC(=O)CCCCCCCCC/C=C\C/C=C\CCCCC)OC(=O)CCCCCCC/C=C\CCCCCCCC. The van der Waals surface area contributed by atoms with Gasteiger partial charge in [-0.25, -0.2) is 0 Å². The maximum Gasteiger partial charge on any atom is 0.306 e. The Kier molecular flexibility index (Phi) is 52.4. The Hall–Kier alpha value is -3.41. The van der Waals surface area contributed by atoms with Gasteiger partial charge in [0.1, 0.15) is 13.2 Å². The molecule has 0 radical (unpaired) electrons. The molecule has 0 aromatic heterocycles. The molecule has 0 aliphatic carbocycles. The first kappa shape index (κ1) is 63.6. The van der Waals surface area contributed by atoms with Crippen LogP contribution in [-0.4, -0.2) is 37.2 Å². The van der Waals surface area contributed by atoms with Gasteiger partial charge in [-0.1, -0.05) is 215 Å². The lowest BCUT2D eigenvalue weighted by Gasteiger charge is -2.18. The molecule has 0 saturated heterocycles. The molecule has 6 heteroatoms. The minimum atomic E-state index is -0.795. The van der Waals surface area contributed by atoms with E-state index in [0.717, 1.165) is 122 Å². The van der Waals surface area contributed by atoms with Crippen LogP contribution in [0.5, 0.6) is 0 Å². The third-order valence-electron chi connectivity index (χ3n) is 11.9. The summed E-state index contributed by atoms with van der Waals surface area (Å²) >= 11 is 0. The molecule has 0 heterocycles. The molecule has 0 rings (SSSR count). The van der Waals surface area contributed by atoms with Gasteiger partial charge in [0.15, 0.2) is 6.10 Å². The van der Waals surface area contributed by atoms with Crippen molar-refractivity contribution < 1.29 is 28.6 Å². The van der Waals surface area contributed by atoms with Crippen molar-refractivity contribution in [2.24, 2.45) is 0 Å². The van der Waals surface area contributed by atoms with Gasteiger partial charge in [-0.3, -0.25) is 14.4 Å². The zero-order valence-electron chi connectivity index (χ0n) is 43.9. The lowest BCUT2D eigenvalue weighted by Crippen LogP contribution is -2.30. The fourth-order valence-corrected chi connectivity index (χ4v) is 7.63. The number of carbonyl (C=O) groups excluding carboxylic acids is 3. The van der Waals surface area contributed by atoms with Gasteiger partial charge in [0, 0.05) is 19.3 Å². The van der Waals surface area contributed by atoms with Crippen LogP contribution >= 0.6 is 0 Å². The average molecular weight is 933 g/mol. The summed E-state index contributed by atoms with van der Waals surface area (Å²) in [6.45, 7) is 6.47. The van der Waals surface area contributed by atoms with Gasteiger partial charge in [-0.05, 0) is 116 Å². The third kappa shape index (κ3) is 53.4. The van der Waals surface area contributed by atoms with E-state index < -0.39 is 6.10 Å². The third-order valence-corrected chi connectivity index (χ3v) is 11.9. The molecule has 0 N–H and O–H groups in total. The zero-order valence-corrected chi connectivity index (χ0v) is 43.9. The van der Waals surface area contributed by atoms with Crippen LogP contribution in [0.3, 0.4) is 0 Å². The van der Waals surface area contributed by atoms with Crippen molar-refractivity contribution in [3.63, 3.8) is 0 Å². The molecule has 0 aromatic rings. The second-order valence-electron chi connectivity index (χ2n) is 18.5. The van der Waals surface area contributed by atoms with Gasteiger partial charge in [0.05, 0.1) is 0 Å². The first-order valence-electron chi connectivity index (χ1n) is 28.1. The molecule has 0 spiro atoms. The lowest BCUT2D eigenvalue weighted by molar-refractivity contribution is -0.167. The highest BCUT2D eigenvalue weighted by atomic mass is 16.6. The van der Waals surface area contributed by atoms with Gasteiger partial charge < -0.3 is 14.2 Å². The largest absolute Gasteiger partial charge is 0.462 e. The molecule has 0 unspecified atom stereocenters. The van der Waals surface area contributed by atoms with Crippen molar-refractivity contribution in [1.29, 1.82) is 0 Å². The van der Waals surface area contributed by atoms with E-state index in [1.54, 1.807) is 0 Å². The molecule has 6 nitrogen and oxygen atoms in total. The van der Waals surface area contributed by atoms with E-state index in [1.807, 2.05) is 0 Å². The fraction of sp³-hybridized carbons (Fsp3) is 0.721. The van der Waals surface area contributed by atoms with Crippen LogP contribution in [0, 0.1) is 0 Å². The smallest absolute Gasteiger partial charge is 0.306 e. The van der Waals surface area contributed by atoms with E-state index in [9.17, 15) is 14.4 Å². The first-order valence-corrected chi connectivity index (χ1v) is 28.1. The Morgan fingerprint density at radius 2 is 0.582 bits per heavy atom. The highest BCUT2D eigenvalue weighted by Crippen LogP contribution is 2.14. The minimum Gasteiger partial charge on any atom is -0.462 e. The van der Waals surface area contributed by atoms with Crippen LogP contribution in [0.2, 0.25) is 0 Å². The first-order chi connectivity index (χ1) is 33.0. The molecule has 0 fully saturated rings. The standard InChI is InChI=1S/C61H104O6/c1-4-7-10-13-16-19-22-25-28-30-33-35-38-41-44-47-50-53-59(62)65-56-58(67-61(64)55-52-49-46-43-40-37-32-27-24-21-18-15-12-9-6-3)57-66-60(63)54-51-48-45-42-39-36-34-31-29-26-23-20-17-14-11-8-5-2/h7,10,16-17,19-20,25-29,32-33,35,58H,4-6,8-9,11-15,18,21-24,30-31,34,36-57H2,1-3H3/b10-7-,19-16-,20-17-,28-25-,29-26-,32-27-,35-33-/t58-/m1/s1. The Bertz CT molecular complexity index is 1300. The van der Waals surface area contributed by atoms with Crippen molar-refractivity contribution in [2.75, 3.05) is 13.2 Å². The highest BCUT2D eigenvalue weighted by Gasteiger charge is 2.19. The molecular weight excluding hydrogens is 829 g/mol. The van der Waals surface area contributed by atoms with E-state index in [-0.39, 0.29) is 31.1 Å². The molecule has 67 heavy (non-hydrogen) atoms. The molecule has 1 atom stereocenters. The maximum atomic E-state index is 12.8. The summed E-state index contributed by atoms with van der Waals surface area (Å²) < 4.78 is 16.8. The van der Waals surface area contributed by atoms with Crippen molar-refractivity contribution in [1.82, 2.24) is 0 Å². The number of allylic oxidation sites excluding steroid dienone is 14. The van der Waals surface area contributed by atoms with E-state index in [0.29, 0.717) is 19.3 Å². The second kappa shape index (κ2) is 55.2. The van der Waals surface area contributed by atoms with Crippen molar-refractivity contribution >= 4 is 17.9 Å². The number of esters is 3. The topological polar surface area (TPSA) is 78.9 Å². The van der Waals surface area contributed by atoms with Crippen LogP contribution in [0.15, 0.2) is 85.1 Å². The van der Waals surface area contributed by atoms with Crippen LogP contribution < -0.4 is 0 Å². The molecule has 0 saturated carbocycles. The second-order valence-corrected chi connectivity index (χ2v) is 18.5. The normalized spacial score (nSPS) is 12.7. The monoisotopic (exact) mass is 933 g/mol. The summed E-state index contributed by atoms with van der Waals surface area (Å²) in [6, 6.07) is 0. The number of hydrogen-bond acceptors (Lipinski definition) is 6. The molecule has 384 valence electrons. The average Bonchev–Trinajstić information content (AvgIpc) is 3.33. The molecular formula is C61H104O6. The minimum absolute atomic E-state index is 0.0920. The zero-order chi connectivity index (χ0) is 48.6. The van der Waals surface area contributed by atoms with Crippen molar-refractivity contribution in [3.8, 4) is 0 Å². The predicted molar refractivity (Wildman–Crippen MR) is 288 cm³/mol. The van der Waals surface area contributed by atoms with Gasteiger partial charge in [0.25, 0.3) is 0 Å². The maximum absolute atomic E-state index is 12.8. The summed E-state index contributed by atoms with van der Waals surface area (Å²) in [6.07, 6.45) is 71.3. The summed E-state index contributed by atoms with van der Waals surface area (Å²) in [5, 5.41) is 0. The lowest BCUT2D eigenvalue weighted by atomic mass is 10.1. The van der Waals surface area contributed by atoms with E-state index in [1.165, 1.54) is 103 Å². The Morgan fingerprint density at radius 1 is 0.313 bits per heavy atom. The van der Waals surface area contributed by atoms with Crippen LogP contribution in [0.1, 0.15) is 265 Å². The van der Waals surface area contributed by atoms with Gasteiger partial charge in [-0.15, -0.1) is 0 Å².